The number of Topliss-reactive ketones (excluding diaryl/α,β-unsaturated/α-hetero) is 1. The second-order valence-corrected chi connectivity index (χ2v) is 15.2. The topological polar surface area (TPSA) is 89.9 Å². The van der Waals surface area contributed by atoms with Crippen LogP contribution in [0.15, 0.2) is 12.2 Å². The third kappa shape index (κ3) is 3.86. The zero-order valence-electron chi connectivity index (χ0n) is 25.8. The summed E-state index contributed by atoms with van der Waals surface area (Å²) in [6.07, 6.45) is 9.13. The lowest BCUT2D eigenvalue weighted by atomic mass is 9.32. The molecular weight excluding hydrogens is 504 g/mol. The lowest BCUT2D eigenvalue weighted by Crippen LogP contribution is -2.67. The van der Waals surface area contributed by atoms with E-state index in [-0.39, 0.29) is 65.6 Å². The van der Waals surface area contributed by atoms with Gasteiger partial charge >= 0.3 is 11.9 Å². The molecule has 0 aromatic carbocycles. The predicted molar refractivity (Wildman–Crippen MR) is 153 cm³/mol. The van der Waals surface area contributed by atoms with Gasteiger partial charge < -0.3 is 14.6 Å². The lowest BCUT2D eigenvalue weighted by molar-refractivity contribution is -0.239. The molecule has 4 unspecified atom stereocenters. The Morgan fingerprint density at radius 3 is 2.30 bits per heavy atom. The first kappa shape index (κ1) is 29.8. The van der Waals surface area contributed by atoms with Crippen molar-refractivity contribution in [3.05, 3.63) is 12.2 Å². The van der Waals surface area contributed by atoms with E-state index in [1.807, 2.05) is 6.92 Å². The van der Waals surface area contributed by atoms with E-state index in [1.165, 1.54) is 0 Å². The van der Waals surface area contributed by atoms with E-state index < -0.39 is 16.8 Å². The molecule has 0 aromatic rings. The molecule has 5 fully saturated rings. The molecule has 10 atom stereocenters. The minimum atomic E-state index is -0.646. The first-order valence-electron chi connectivity index (χ1n) is 15.9. The molecular formula is C34H52O6. The summed E-state index contributed by atoms with van der Waals surface area (Å²) in [7, 11) is 0. The van der Waals surface area contributed by atoms with Crippen molar-refractivity contribution in [3.8, 4) is 0 Å². The number of rotatable bonds is 6. The zero-order valence-corrected chi connectivity index (χ0v) is 25.8. The van der Waals surface area contributed by atoms with E-state index in [0.29, 0.717) is 18.3 Å². The molecule has 40 heavy (non-hydrogen) atoms. The highest BCUT2D eigenvalue weighted by atomic mass is 16.6. The quantitative estimate of drug-likeness (QED) is 0.305. The van der Waals surface area contributed by atoms with Gasteiger partial charge in [0, 0.05) is 6.42 Å². The maximum atomic E-state index is 13.9. The van der Waals surface area contributed by atoms with Crippen LogP contribution in [0.25, 0.3) is 0 Å². The number of hydrogen-bond donors (Lipinski definition) is 1. The van der Waals surface area contributed by atoms with E-state index in [1.54, 1.807) is 6.92 Å². The SMILES string of the molecule is C=C(C)[C@@H]1CC[C@]2(C(=O)OCC(=O)OCC)CC[C@]3(C)C(CCC4[C@@]5(C)CCC(=O)[C@@](C)(CO)C5CC[C@]43C)C12. The second-order valence-electron chi connectivity index (χ2n) is 15.2. The van der Waals surface area contributed by atoms with Gasteiger partial charge in [0.1, 0.15) is 5.78 Å². The van der Waals surface area contributed by atoms with Gasteiger partial charge in [0.05, 0.1) is 24.0 Å². The van der Waals surface area contributed by atoms with E-state index >= 15 is 0 Å². The molecule has 0 aliphatic heterocycles. The van der Waals surface area contributed by atoms with E-state index in [2.05, 4.69) is 34.3 Å². The van der Waals surface area contributed by atoms with Crippen LogP contribution in [-0.4, -0.2) is 42.6 Å². The third-order valence-electron chi connectivity index (χ3n) is 14.0. The van der Waals surface area contributed by atoms with Crippen molar-refractivity contribution < 1.29 is 29.0 Å². The highest BCUT2D eigenvalue weighted by molar-refractivity contribution is 5.86. The molecule has 1 N–H and O–H groups in total. The number of ketones is 1. The van der Waals surface area contributed by atoms with Crippen LogP contribution in [-0.2, 0) is 23.9 Å². The van der Waals surface area contributed by atoms with Crippen LogP contribution in [0, 0.1) is 56.7 Å². The Balaban J connectivity index is 1.49. The van der Waals surface area contributed by atoms with Crippen LogP contribution in [0.2, 0.25) is 0 Å². The molecule has 0 saturated heterocycles. The Morgan fingerprint density at radius 2 is 1.65 bits per heavy atom. The Hall–Kier alpha value is -1.69. The fourth-order valence-electron chi connectivity index (χ4n) is 11.8. The molecule has 0 spiro atoms. The van der Waals surface area contributed by atoms with Crippen LogP contribution in [0.4, 0.5) is 0 Å². The Labute approximate surface area is 241 Å². The maximum Gasteiger partial charge on any atom is 0.344 e. The summed E-state index contributed by atoms with van der Waals surface area (Å²) in [5.74, 6) is 1.03. The minimum Gasteiger partial charge on any atom is -0.463 e. The van der Waals surface area contributed by atoms with Gasteiger partial charge in [0.2, 0.25) is 0 Å². The number of carbonyl (C=O) groups excluding carboxylic acids is 3. The Kier molecular flexibility index (Phi) is 7.41. The number of fused-ring (bicyclic) bond motifs is 7. The monoisotopic (exact) mass is 556 g/mol. The fraction of sp³-hybridized carbons (Fsp3) is 0.853. The van der Waals surface area contributed by atoms with Crippen molar-refractivity contribution >= 4 is 17.7 Å². The largest absolute Gasteiger partial charge is 0.463 e. The standard InChI is InChI=1S/C34H52O6/c1-8-39-27(37)19-40-29(38)34-16-11-22(21(2)3)28(34)23-9-10-25-30(4)14-13-26(36)31(5,20-35)24(30)12-15-33(25,7)32(23,6)17-18-34/h22-25,28,35H,2,8-20H2,1,3-7H3/t22-,23?,24?,25?,28?,30-,31-,32+,33+,34-/m0/s1. The summed E-state index contributed by atoms with van der Waals surface area (Å²) in [5, 5.41) is 10.4. The van der Waals surface area contributed by atoms with Crippen molar-refractivity contribution in [2.75, 3.05) is 19.8 Å². The zero-order chi connectivity index (χ0) is 29.3. The van der Waals surface area contributed by atoms with Crippen LogP contribution in [0.5, 0.6) is 0 Å². The molecule has 5 saturated carbocycles. The van der Waals surface area contributed by atoms with E-state index in [0.717, 1.165) is 63.4 Å². The summed E-state index contributed by atoms with van der Waals surface area (Å²) >= 11 is 0. The van der Waals surface area contributed by atoms with Crippen molar-refractivity contribution in [2.45, 2.75) is 106 Å². The van der Waals surface area contributed by atoms with Crippen LogP contribution in [0.1, 0.15) is 106 Å². The number of hydrogen-bond acceptors (Lipinski definition) is 6. The maximum absolute atomic E-state index is 13.9. The van der Waals surface area contributed by atoms with Gasteiger partial charge in [-0.25, -0.2) is 4.79 Å². The fourth-order valence-corrected chi connectivity index (χ4v) is 11.8. The lowest BCUT2D eigenvalue weighted by Gasteiger charge is -2.72. The van der Waals surface area contributed by atoms with Gasteiger partial charge in [-0.05, 0) is 117 Å². The highest BCUT2D eigenvalue weighted by Crippen LogP contribution is 2.77. The third-order valence-corrected chi connectivity index (χ3v) is 14.0. The normalized spacial score (nSPS) is 47.8. The summed E-state index contributed by atoms with van der Waals surface area (Å²) in [5.41, 5.74) is 0.0879. The highest BCUT2D eigenvalue weighted by Gasteiger charge is 2.72. The second kappa shape index (κ2) is 9.95. The molecule has 6 heteroatoms. The number of ether oxygens (including phenoxy) is 2. The minimum absolute atomic E-state index is 0.0168. The van der Waals surface area contributed by atoms with Gasteiger partial charge in [-0.1, -0.05) is 39.8 Å². The summed E-state index contributed by atoms with van der Waals surface area (Å²) < 4.78 is 10.7. The summed E-state index contributed by atoms with van der Waals surface area (Å²) in [6, 6.07) is 0. The van der Waals surface area contributed by atoms with Gasteiger partial charge in [-0.3, -0.25) is 9.59 Å². The number of carbonyl (C=O) groups is 3. The van der Waals surface area contributed by atoms with Crippen molar-refractivity contribution in [2.24, 2.45) is 56.7 Å². The molecule has 5 rings (SSSR count). The Bertz CT molecular complexity index is 1080. The molecule has 5 aliphatic rings. The molecule has 0 aromatic heterocycles. The first-order valence-corrected chi connectivity index (χ1v) is 15.9. The van der Waals surface area contributed by atoms with Crippen molar-refractivity contribution in [3.63, 3.8) is 0 Å². The molecule has 224 valence electrons. The van der Waals surface area contributed by atoms with Crippen molar-refractivity contribution in [1.29, 1.82) is 0 Å². The van der Waals surface area contributed by atoms with Crippen LogP contribution < -0.4 is 0 Å². The van der Waals surface area contributed by atoms with Gasteiger partial charge in [0.25, 0.3) is 0 Å². The number of esters is 2. The number of allylic oxidation sites excluding steroid dienone is 1. The molecule has 0 heterocycles. The molecule has 5 aliphatic carbocycles. The molecule has 0 amide bonds. The Morgan fingerprint density at radius 1 is 0.925 bits per heavy atom. The van der Waals surface area contributed by atoms with Gasteiger partial charge in [-0.2, -0.15) is 0 Å². The summed E-state index contributed by atoms with van der Waals surface area (Å²) in [4.78, 5) is 39.0. The van der Waals surface area contributed by atoms with Gasteiger partial charge in [0.15, 0.2) is 6.61 Å². The van der Waals surface area contributed by atoms with Crippen LogP contribution >= 0.6 is 0 Å². The van der Waals surface area contributed by atoms with E-state index in [9.17, 15) is 19.5 Å². The number of aliphatic hydroxyl groups is 1. The van der Waals surface area contributed by atoms with E-state index in [4.69, 9.17) is 9.47 Å². The number of aliphatic hydroxyl groups excluding tert-OH is 1. The van der Waals surface area contributed by atoms with Crippen LogP contribution in [0.3, 0.4) is 0 Å². The summed E-state index contributed by atoms with van der Waals surface area (Å²) in [6.45, 7) is 17.6. The molecule has 0 bridgehead atoms. The smallest absolute Gasteiger partial charge is 0.344 e. The molecule has 6 nitrogen and oxygen atoms in total. The van der Waals surface area contributed by atoms with Gasteiger partial charge in [-0.15, -0.1) is 0 Å². The predicted octanol–water partition coefficient (Wildman–Crippen LogP) is 6.29. The van der Waals surface area contributed by atoms with Crippen molar-refractivity contribution in [1.82, 2.24) is 0 Å². The molecule has 0 radical (unpaired) electrons. The first-order chi connectivity index (χ1) is 18.7. The average molecular weight is 557 g/mol. The average Bonchev–Trinajstić information content (AvgIpc) is 3.31.